The molecular formula is C11H24N2. The van der Waals surface area contributed by atoms with E-state index in [2.05, 4.69) is 31.5 Å². The molecule has 1 fully saturated rings. The molecule has 2 heteroatoms. The van der Waals surface area contributed by atoms with Crippen molar-refractivity contribution in [2.24, 2.45) is 11.8 Å². The summed E-state index contributed by atoms with van der Waals surface area (Å²) in [7, 11) is 2.10. The van der Waals surface area contributed by atoms with Gasteiger partial charge in [-0.1, -0.05) is 13.8 Å². The molecule has 13 heavy (non-hydrogen) atoms. The maximum atomic E-state index is 3.48. The van der Waals surface area contributed by atoms with E-state index in [0.717, 1.165) is 11.8 Å². The SMILES string of the molecule is CNC(CC(C)C)C1CCCNC1. The Morgan fingerprint density at radius 2 is 2.23 bits per heavy atom. The normalized spacial score (nSPS) is 26.3. The minimum absolute atomic E-state index is 0.716. The number of hydrogen-bond acceptors (Lipinski definition) is 2. The van der Waals surface area contributed by atoms with Crippen molar-refractivity contribution >= 4 is 0 Å². The monoisotopic (exact) mass is 184 g/mol. The number of nitrogens with one attached hydrogen (secondary N) is 2. The lowest BCUT2D eigenvalue weighted by Crippen LogP contribution is -2.43. The topological polar surface area (TPSA) is 24.1 Å². The van der Waals surface area contributed by atoms with Gasteiger partial charge in [0.25, 0.3) is 0 Å². The van der Waals surface area contributed by atoms with Crippen molar-refractivity contribution in [3.05, 3.63) is 0 Å². The van der Waals surface area contributed by atoms with Gasteiger partial charge in [0.05, 0.1) is 0 Å². The van der Waals surface area contributed by atoms with Crippen LogP contribution in [0.1, 0.15) is 33.1 Å². The molecular weight excluding hydrogens is 160 g/mol. The molecule has 1 heterocycles. The standard InChI is InChI=1S/C11H24N2/c1-9(2)7-11(12-3)10-5-4-6-13-8-10/h9-13H,4-8H2,1-3H3. The van der Waals surface area contributed by atoms with Gasteiger partial charge in [-0.15, -0.1) is 0 Å². The summed E-state index contributed by atoms with van der Waals surface area (Å²) < 4.78 is 0. The lowest BCUT2D eigenvalue weighted by molar-refractivity contribution is 0.264. The van der Waals surface area contributed by atoms with Crippen LogP contribution in [-0.4, -0.2) is 26.2 Å². The second kappa shape index (κ2) is 5.61. The minimum Gasteiger partial charge on any atom is -0.317 e. The van der Waals surface area contributed by atoms with Crippen LogP contribution in [0.4, 0.5) is 0 Å². The van der Waals surface area contributed by atoms with E-state index in [1.165, 1.54) is 32.4 Å². The largest absolute Gasteiger partial charge is 0.317 e. The zero-order valence-electron chi connectivity index (χ0n) is 9.27. The van der Waals surface area contributed by atoms with Crippen molar-refractivity contribution in [2.45, 2.75) is 39.2 Å². The van der Waals surface area contributed by atoms with Crippen molar-refractivity contribution in [2.75, 3.05) is 20.1 Å². The molecule has 0 aromatic carbocycles. The molecule has 0 radical (unpaired) electrons. The smallest absolute Gasteiger partial charge is 0.0107 e. The third-order valence-corrected chi connectivity index (χ3v) is 3.00. The molecule has 2 unspecified atom stereocenters. The molecule has 1 aliphatic rings. The van der Waals surface area contributed by atoms with Gasteiger partial charge in [0.2, 0.25) is 0 Å². The summed E-state index contributed by atoms with van der Waals surface area (Å²) in [5.74, 6) is 1.65. The first kappa shape index (κ1) is 11.0. The molecule has 0 aromatic rings. The van der Waals surface area contributed by atoms with E-state index < -0.39 is 0 Å². The van der Waals surface area contributed by atoms with Crippen LogP contribution in [0.2, 0.25) is 0 Å². The summed E-state index contributed by atoms with van der Waals surface area (Å²) >= 11 is 0. The number of rotatable bonds is 4. The van der Waals surface area contributed by atoms with Crippen LogP contribution in [0.5, 0.6) is 0 Å². The third kappa shape index (κ3) is 3.65. The molecule has 0 aromatic heterocycles. The second-order valence-corrected chi connectivity index (χ2v) is 4.63. The van der Waals surface area contributed by atoms with Gasteiger partial charge in [-0.05, 0) is 51.2 Å². The van der Waals surface area contributed by atoms with Crippen molar-refractivity contribution in [3.8, 4) is 0 Å². The summed E-state index contributed by atoms with van der Waals surface area (Å²) in [6.45, 7) is 7.04. The first-order chi connectivity index (χ1) is 6.24. The minimum atomic E-state index is 0.716. The fourth-order valence-corrected chi connectivity index (χ4v) is 2.28. The van der Waals surface area contributed by atoms with Crippen molar-refractivity contribution in [3.63, 3.8) is 0 Å². The predicted molar refractivity (Wildman–Crippen MR) is 57.9 cm³/mol. The zero-order chi connectivity index (χ0) is 9.68. The van der Waals surface area contributed by atoms with Gasteiger partial charge in [0.15, 0.2) is 0 Å². The van der Waals surface area contributed by atoms with Crippen LogP contribution in [0.15, 0.2) is 0 Å². The fraction of sp³-hybridized carbons (Fsp3) is 1.00. The summed E-state index contributed by atoms with van der Waals surface area (Å²) in [4.78, 5) is 0. The maximum absolute atomic E-state index is 3.48. The van der Waals surface area contributed by atoms with E-state index in [-0.39, 0.29) is 0 Å². The lowest BCUT2D eigenvalue weighted by atomic mass is 9.87. The molecule has 1 aliphatic heterocycles. The molecule has 2 atom stereocenters. The summed E-state index contributed by atoms with van der Waals surface area (Å²) in [6.07, 6.45) is 4.05. The summed E-state index contributed by atoms with van der Waals surface area (Å²) in [6, 6.07) is 0.716. The Morgan fingerprint density at radius 3 is 2.69 bits per heavy atom. The molecule has 78 valence electrons. The van der Waals surface area contributed by atoms with Gasteiger partial charge in [-0.25, -0.2) is 0 Å². The molecule has 1 rings (SSSR count). The van der Waals surface area contributed by atoms with E-state index in [4.69, 9.17) is 0 Å². The molecule has 2 N–H and O–H groups in total. The predicted octanol–water partition coefficient (Wildman–Crippen LogP) is 1.62. The first-order valence-corrected chi connectivity index (χ1v) is 5.62. The van der Waals surface area contributed by atoms with E-state index in [0.29, 0.717) is 6.04 Å². The van der Waals surface area contributed by atoms with Crippen LogP contribution in [-0.2, 0) is 0 Å². The highest BCUT2D eigenvalue weighted by atomic mass is 14.9. The van der Waals surface area contributed by atoms with Gasteiger partial charge in [-0.2, -0.15) is 0 Å². The third-order valence-electron chi connectivity index (χ3n) is 3.00. The molecule has 0 bridgehead atoms. The van der Waals surface area contributed by atoms with Crippen LogP contribution < -0.4 is 10.6 Å². The Hall–Kier alpha value is -0.0800. The first-order valence-electron chi connectivity index (χ1n) is 5.62. The molecule has 0 saturated carbocycles. The van der Waals surface area contributed by atoms with Gasteiger partial charge in [0.1, 0.15) is 0 Å². The zero-order valence-corrected chi connectivity index (χ0v) is 9.27. The van der Waals surface area contributed by atoms with Gasteiger partial charge >= 0.3 is 0 Å². The highest BCUT2D eigenvalue weighted by Gasteiger charge is 2.22. The Kier molecular flexibility index (Phi) is 4.74. The van der Waals surface area contributed by atoms with Crippen LogP contribution >= 0.6 is 0 Å². The summed E-state index contributed by atoms with van der Waals surface area (Å²) in [5.41, 5.74) is 0. The Labute approximate surface area is 82.5 Å². The number of piperidine rings is 1. The molecule has 2 nitrogen and oxygen atoms in total. The highest BCUT2D eigenvalue weighted by Crippen LogP contribution is 2.19. The second-order valence-electron chi connectivity index (χ2n) is 4.63. The highest BCUT2D eigenvalue weighted by molar-refractivity contribution is 4.80. The maximum Gasteiger partial charge on any atom is 0.0107 e. The lowest BCUT2D eigenvalue weighted by Gasteiger charge is -2.31. The Balaban J connectivity index is 2.34. The van der Waals surface area contributed by atoms with Crippen molar-refractivity contribution < 1.29 is 0 Å². The van der Waals surface area contributed by atoms with E-state index in [1.54, 1.807) is 0 Å². The van der Waals surface area contributed by atoms with Crippen LogP contribution in [0.25, 0.3) is 0 Å². The van der Waals surface area contributed by atoms with Crippen LogP contribution in [0, 0.1) is 11.8 Å². The molecule has 0 amide bonds. The Morgan fingerprint density at radius 1 is 1.46 bits per heavy atom. The van der Waals surface area contributed by atoms with Gasteiger partial charge in [0, 0.05) is 6.04 Å². The van der Waals surface area contributed by atoms with Crippen LogP contribution in [0.3, 0.4) is 0 Å². The van der Waals surface area contributed by atoms with Gasteiger partial charge in [-0.3, -0.25) is 0 Å². The molecule has 0 aliphatic carbocycles. The molecule has 0 spiro atoms. The Bertz CT molecular complexity index is 128. The summed E-state index contributed by atoms with van der Waals surface area (Å²) in [5, 5.41) is 6.95. The van der Waals surface area contributed by atoms with E-state index >= 15 is 0 Å². The quantitative estimate of drug-likeness (QED) is 0.694. The average Bonchev–Trinajstić information content (AvgIpc) is 2.15. The fourth-order valence-electron chi connectivity index (χ4n) is 2.28. The average molecular weight is 184 g/mol. The van der Waals surface area contributed by atoms with Gasteiger partial charge < -0.3 is 10.6 Å². The van der Waals surface area contributed by atoms with E-state index in [9.17, 15) is 0 Å². The molecule has 1 saturated heterocycles. The van der Waals surface area contributed by atoms with Crippen molar-refractivity contribution in [1.82, 2.24) is 10.6 Å². The van der Waals surface area contributed by atoms with E-state index in [1.807, 2.05) is 0 Å². The number of hydrogen-bond donors (Lipinski definition) is 2. The van der Waals surface area contributed by atoms with Crippen molar-refractivity contribution in [1.29, 1.82) is 0 Å².